The van der Waals surface area contributed by atoms with Crippen LogP contribution in [0.5, 0.6) is 0 Å². The molecule has 1 aromatic heterocycles. The van der Waals surface area contributed by atoms with Crippen molar-refractivity contribution in [3.05, 3.63) is 24.2 Å². The van der Waals surface area contributed by atoms with Gasteiger partial charge in [-0.25, -0.2) is 0 Å². The van der Waals surface area contributed by atoms with Crippen LogP contribution in [0.3, 0.4) is 0 Å². The van der Waals surface area contributed by atoms with E-state index in [1.165, 1.54) is 6.26 Å². The third-order valence-corrected chi connectivity index (χ3v) is 3.89. The standard InChI is InChI=1S/C14H19F3N2O2/c15-14(16,17)9-19(8-11-4-2-6-21-11)13(20)12-5-1-3-10(12)7-18/h2,4,6,10,12H,1,3,5,7-9,18H2. The monoisotopic (exact) mass is 304 g/mol. The molecule has 1 amide bonds. The van der Waals surface area contributed by atoms with Crippen LogP contribution in [0.25, 0.3) is 0 Å². The molecule has 1 saturated carbocycles. The molecule has 118 valence electrons. The molecule has 0 saturated heterocycles. The zero-order valence-electron chi connectivity index (χ0n) is 11.6. The number of carbonyl (C=O) groups is 1. The summed E-state index contributed by atoms with van der Waals surface area (Å²) in [5.74, 6) is -0.566. The van der Waals surface area contributed by atoms with Gasteiger partial charge in [0.1, 0.15) is 12.3 Å². The Morgan fingerprint density at radius 2 is 2.19 bits per heavy atom. The Labute approximate surface area is 121 Å². The molecule has 0 spiro atoms. The van der Waals surface area contributed by atoms with Crippen molar-refractivity contribution < 1.29 is 22.4 Å². The van der Waals surface area contributed by atoms with E-state index in [-0.39, 0.29) is 12.5 Å². The smallest absolute Gasteiger partial charge is 0.406 e. The molecule has 2 unspecified atom stereocenters. The van der Waals surface area contributed by atoms with Gasteiger partial charge in [-0.3, -0.25) is 4.79 Å². The maximum atomic E-state index is 12.7. The fourth-order valence-corrected chi connectivity index (χ4v) is 2.90. The Morgan fingerprint density at radius 1 is 1.43 bits per heavy atom. The molecule has 1 heterocycles. The lowest BCUT2D eigenvalue weighted by molar-refractivity contribution is -0.166. The van der Waals surface area contributed by atoms with Crippen LogP contribution >= 0.6 is 0 Å². The average Bonchev–Trinajstić information content (AvgIpc) is 3.05. The molecule has 1 aliphatic rings. The van der Waals surface area contributed by atoms with Crippen molar-refractivity contribution in [3.8, 4) is 0 Å². The number of halogens is 3. The molecule has 7 heteroatoms. The number of rotatable bonds is 5. The first-order chi connectivity index (χ1) is 9.90. The van der Waals surface area contributed by atoms with E-state index < -0.39 is 24.5 Å². The first-order valence-corrected chi connectivity index (χ1v) is 6.98. The van der Waals surface area contributed by atoms with E-state index >= 15 is 0 Å². The van der Waals surface area contributed by atoms with E-state index in [0.29, 0.717) is 18.7 Å². The van der Waals surface area contributed by atoms with Gasteiger partial charge in [0.25, 0.3) is 0 Å². The fraction of sp³-hybridized carbons (Fsp3) is 0.643. The largest absolute Gasteiger partial charge is 0.467 e. The number of nitrogens with two attached hydrogens (primary N) is 1. The van der Waals surface area contributed by atoms with Crippen LogP contribution in [-0.4, -0.2) is 30.1 Å². The molecule has 0 aliphatic heterocycles. The quantitative estimate of drug-likeness (QED) is 0.909. The van der Waals surface area contributed by atoms with Crippen LogP contribution in [0.1, 0.15) is 25.0 Å². The van der Waals surface area contributed by atoms with Crippen LogP contribution in [0.4, 0.5) is 13.2 Å². The summed E-state index contributed by atoms with van der Waals surface area (Å²) in [6.07, 6.45) is -0.817. The second-order valence-electron chi connectivity index (χ2n) is 5.42. The van der Waals surface area contributed by atoms with Crippen LogP contribution in [0.15, 0.2) is 22.8 Å². The molecule has 2 atom stereocenters. The van der Waals surface area contributed by atoms with Crippen molar-refractivity contribution in [3.63, 3.8) is 0 Å². The molecular formula is C14H19F3N2O2. The first-order valence-electron chi connectivity index (χ1n) is 6.98. The number of carbonyl (C=O) groups excluding carboxylic acids is 1. The normalized spacial score (nSPS) is 22.5. The Kier molecular flexibility index (Phi) is 4.92. The van der Waals surface area contributed by atoms with Gasteiger partial charge in [-0.05, 0) is 37.4 Å². The van der Waals surface area contributed by atoms with Crippen LogP contribution in [0.2, 0.25) is 0 Å². The minimum atomic E-state index is -4.43. The maximum absolute atomic E-state index is 12.7. The predicted octanol–water partition coefficient (Wildman–Crippen LogP) is 2.55. The lowest BCUT2D eigenvalue weighted by atomic mass is 9.94. The summed E-state index contributed by atoms with van der Waals surface area (Å²) < 4.78 is 43.2. The second-order valence-corrected chi connectivity index (χ2v) is 5.42. The highest BCUT2D eigenvalue weighted by Gasteiger charge is 2.39. The van der Waals surface area contributed by atoms with E-state index in [1.54, 1.807) is 12.1 Å². The third kappa shape index (κ3) is 4.23. The van der Waals surface area contributed by atoms with Gasteiger partial charge in [-0.15, -0.1) is 0 Å². The summed E-state index contributed by atoms with van der Waals surface area (Å²) in [4.78, 5) is 13.3. The number of hydrogen-bond acceptors (Lipinski definition) is 3. The molecular weight excluding hydrogens is 285 g/mol. The summed E-state index contributed by atoms with van der Waals surface area (Å²) in [5, 5.41) is 0. The highest BCUT2D eigenvalue weighted by molar-refractivity contribution is 5.79. The summed E-state index contributed by atoms with van der Waals surface area (Å²) in [6, 6.07) is 3.15. The molecule has 2 N–H and O–H groups in total. The molecule has 1 fully saturated rings. The fourth-order valence-electron chi connectivity index (χ4n) is 2.90. The lowest BCUT2D eigenvalue weighted by Crippen LogP contribution is -2.43. The van der Waals surface area contributed by atoms with E-state index in [0.717, 1.165) is 17.7 Å². The van der Waals surface area contributed by atoms with Gasteiger partial charge in [0, 0.05) is 5.92 Å². The van der Waals surface area contributed by atoms with Gasteiger partial charge in [0.05, 0.1) is 12.8 Å². The van der Waals surface area contributed by atoms with Gasteiger partial charge in [-0.1, -0.05) is 6.42 Å². The molecule has 0 aromatic carbocycles. The van der Waals surface area contributed by atoms with E-state index in [4.69, 9.17) is 10.2 Å². The molecule has 21 heavy (non-hydrogen) atoms. The van der Waals surface area contributed by atoms with Crippen molar-refractivity contribution in [1.82, 2.24) is 4.90 Å². The van der Waals surface area contributed by atoms with Crippen molar-refractivity contribution >= 4 is 5.91 Å². The summed E-state index contributed by atoms with van der Waals surface area (Å²) in [7, 11) is 0. The number of hydrogen-bond donors (Lipinski definition) is 1. The lowest BCUT2D eigenvalue weighted by Gasteiger charge is -2.28. The SMILES string of the molecule is NCC1CCCC1C(=O)N(Cc1ccco1)CC(F)(F)F. The summed E-state index contributed by atoms with van der Waals surface area (Å²) in [6.45, 7) is -1.10. The van der Waals surface area contributed by atoms with Gasteiger partial charge in [0.15, 0.2) is 0 Å². The zero-order valence-corrected chi connectivity index (χ0v) is 11.6. The third-order valence-electron chi connectivity index (χ3n) is 3.89. The molecule has 1 aromatic rings. The molecule has 2 rings (SSSR count). The van der Waals surface area contributed by atoms with Crippen molar-refractivity contribution in [2.45, 2.75) is 32.0 Å². The second kappa shape index (κ2) is 6.51. The molecule has 1 aliphatic carbocycles. The van der Waals surface area contributed by atoms with E-state index in [9.17, 15) is 18.0 Å². The maximum Gasteiger partial charge on any atom is 0.406 e. The van der Waals surface area contributed by atoms with Crippen LogP contribution < -0.4 is 5.73 Å². The number of amides is 1. The molecule has 0 bridgehead atoms. The van der Waals surface area contributed by atoms with Crippen molar-refractivity contribution in [1.29, 1.82) is 0 Å². The first kappa shape index (κ1) is 15.9. The van der Waals surface area contributed by atoms with Crippen LogP contribution in [-0.2, 0) is 11.3 Å². The Bertz CT molecular complexity index is 459. The van der Waals surface area contributed by atoms with Crippen LogP contribution in [0, 0.1) is 11.8 Å². The highest BCUT2D eigenvalue weighted by atomic mass is 19.4. The van der Waals surface area contributed by atoms with Gasteiger partial charge >= 0.3 is 6.18 Å². The minimum absolute atomic E-state index is 0.0233. The Balaban J connectivity index is 2.11. The zero-order chi connectivity index (χ0) is 15.5. The topological polar surface area (TPSA) is 59.5 Å². The minimum Gasteiger partial charge on any atom is -0.467 e. The summed E-state index contributed by atoms with van der Waals surface area (Å²) >= 11 is 0. The predicted molar refractivity (Wildman–Crippen MR) is 70.1 cm³/mol. The number of nitrogens with zero attached hydrogens (tertiary/aromatic N) is 1. The van der Waals surface area contributed by atoms with Gasteiger partial charge in [0.2, 0.25) is 5.91 Å². The summed E-state index contributed by atoms with van der Waals surface area (Å²) in [5.41, 5.74) is 5.61. The van der Waals surface area contributed by atoms with Gasteiger partial charge < -0.3 is 15.1 Å². The van der Waals surface area contributed by atoms with Gasteiger partial charge in [-0.2, -0.15) is 13.2 Å². The van der Waals surface area contributed by atoms with E-state index in [2.05, 4.69) is 0 Å². The number of furan rings is 1. The Morgan fingerprint density at radius 3 is 2.76 bits per heavy atom. The van der Waals surface area contributed by atoms with Crippen molar-refractivity contribution in [2.24, 2.45) is 17.6 Å². The van der Waals surface area contributed by atoms with Crippen molar-refractivity contribution in [2.75, 3.05) is 13.1 Å². The number of alkyl halides is 3. The van der Waals surface area contributed by atoms with E-state index in [1.807, 2.05) is 0 Å². The molecule has 4 nitrogen and oxygen atoms in total. The highest BCUT2D eigenvalue weighted by Crippen LogP contribution is 2.33. The molecule has 0 radical (unpaired) electrons. The Hall–Kier alpha value is -1.50. The average molecular weight is 304 g/mol.